The maximum Gasteiger partial charge on any atom is 0.416 e. The summed E-state index contributed by atoms with van der Waals surface area (Å²) in [6.07, 6.45) is -3.73. The van der Waals surface area contributed by atoms with Crippen molar-refractivity contribution < 1.29 is 13.2 Å². The van der Waals surface area contributed by atoms with Crippen LogP contribution in [0, 0.1) is 0 Å². The maximum absolute atomic E-state index is 12.7. The van der Waals surface area contributed by atoms with Crippen LogP contribution in [0.15, 0.2) is 54.6 Å². The summed E-state index contributed by atoms with van der Waals surface area (Å²) >= 11 is 0. The zero-order valence-electron chi connectivity index (χ0n) is 12.7. The highest BCUT2D eigenvalue weighted by molar-refractivity contribution is 5.26. The molecule has 0 aromatic heterocycles. The molecule has 0 spiro atoms. The summed E-state index contributed by atoms with van der Waals surface area (Å²) in [7, 11) is 0. The molecule has 2 aromatic rings. The number of rotatable bonds is 5. The Balaban J connectivity index is 1.99. The Labute approximate surface area is 129 Å². The van der Waals surface area contributed by atoms with E-state index in [2.05, 4.69) is 12.2 Å². The second-order valence-corrected chi connectivity index (χ2v) is 5.60. The van der Waals surface area contributed by atoms with Crippen LogP contribution in [-0.4, -0.2) is 6.04 Å². The van der Waals surface area contributed by atoms with E-state index in [-0.39, 0.29) is 12.1 Å². The molecule has 0 fully saturated rings. The third kappa shape index (κ3) is 4.60. The van der Waals surface area contributed by atoms with Crippen LogP contribution in [0.3, 0.4) is 0 Å². The summed E-state index contributed by atoms with van der Waals surface area (Å²) in [5, 5.41) is 3.42. The third-order valence-electron chi connectivity index (χ3n) is 3.63. The van der Waals surface area contributed by atoms with Gasteiger partial charge in [0.15, 0.2) is 0 Å². The highest BCUT2D eigenvalue weighted by Gasteiger charge is 2.30. The minimum atomic E-state index is -4.29. The molecule has 1 unspecified atom stereocenters. The zero-order valence-corrected chi connectivity index (χ0v) is 12.7. The van der Waals surface area contributed by atoms with Gasteiger partial charge in [-0.1, -0.05) is 48.5 Å². The lowest BCUT2D eigenvalue weighted by Gasteiger charge is -2.21. The average Bonchev–Trinajstić information content (AvgIpc) is 2.47. The lowest BCUT2D eigenvalue weighted by molar-refractivity contribution is -0.137. The van der Waals surface area contributed by atoms with Gasteiger partial charge in [0.1, 0.15) is 0 Å². The van der Waals surface area contributed by atoms with Crippen molar-refractivity contribution in [3.8, 4) is 0 Å². The Kier molecular flexibility index (Phi) is 5.24. The zero-order chi connectivity index (χ0) is 16.2. The second kappa shape index (κ2) is 6.97. The van der Waals surface area contributed by atoms with Crippen LogP contribution in [0.25, 0.3) is 0 Å². The summed E-state index contributed by atoms with van der Waals surface area (Å²) in [4.78, 5) is 0. The van der Waals surface area contributed by atoms with Crippen molar-refractivity contribution >= 4 is 0 Å². The molecule has 1 nitrogen and oxygen atoms in total. The smallest absolute Gasteiger partial charge is 0.307 e. The number of nitrogens with one attached hydrogen (secondary N) is 1. The fourth-order valence-corrected chi connectivity index (χ4v) is 2.55. The van der Waals surface area contributed by atoms with Crippen molar-refractivity contribution in [1.29, 1.82) is 0 Å². The summed E-state index contributed by atoms with van der Waals surface area (Å²) in [6.45, 7) is 4.04. The molecular formula is C18H20F3N. The van der Waals surface area contributed by atoms with Crippen molar-refractivity contribution in [1.82, 2.24) is 5.32 Å². The molecule has 4 heteroatoms. The van der Waals surface area contributed by atoms with E-state index < -0.39 is 11.7 Å². The first-order chi connectivity index (χ1) is 10.4. The van der Waals surface area contributed by atoms with Gasteiger partial charge < -0.3 is 5.32 Å². The molecule has 118 valence electrons. The molecule has 0 saturated carbocycles. The molecule has 2 atom stereocenters. The monoisotopic (exact) mass is 307 g/mol. The normalized spacial score (nSPS) is 14.6. The topological polar surface area (TPSA) is 12.0 Å². The molecule has 0 aliphatic rings. The fraction of sp³-hybridized carbons (Fsp3) is 0.333. The van der Waals surface area contributed by atoms with Gasteiger partial charge in [-0.15, -0.1) is 0 Å². The van der Waals surface area contributed by atoms with Crippen LogP contribution < -0.4 is 5.32 Å². The minimum Gasteiger partial charge on any atom is -0.307 e. The van der Waals surface area contributed by atoms with Gasteiger partial charge in [0, 0.05) is 12.1 Å². The molecule has 2 rings (SSSR count). The first-order valence-electron chi connectivity index (χ1n) is 7.33. The van der Waals surface area contributed by atoms with E-state index in [0.29, 0.717) is 12.0 Å². The van der Waals surface area contributed by atoms with E-state index >= 15 is 0 Å². The van der Waals surface area contributed by atoms with E-state index in [9.17, 15) is 13.2 Å². The molecule has 0 amide bonds. The van der Waals surface area contributed by atoms with Gasteiger partial charge in [0.25, 0.3) is 0 Å². The Hall–Kier alpha value is -1.81. The first kappa shape index (κ1) is 16.6. The second-order valence-electron chi connectivity index (χ2n) is 5.60. The predicted molar refractivity (Wildman–Crippen MR) is 82.6 cm³/mol. The first-order valence-corrected chi connectivity index (χ1v) is 7.33. The van der Waals surface area contributed by atoms with Crippen molar-refractivity contribution in [2.75, 3.05) is 0 Å². The van der Waals surface area contributed by atoms with Crippen LogP contribution in [0.1, 0.15) is 36.6 Å². The quantitative estimate of drug-likeness (QED) is 0.821. The Morgan fingerprint density at radius 2 is 1.64 bits per heavy atom. The number of alkyl halides is 3. The number of halogens is 3. The Morgan fingerprint density at radius 1 is 0.955 bits per heavy atom. The van der Waals surface area contributed by atoms with Crippen LogP contribution in [0.5, 0.6) is 0 Å². The molecule has 22 heavy (non-hydrogen) atoms. The Bertz CT molecular complexity index is 593. The van der Waals surface area contributed by atoms with Gasteiger partial charge in [-0.25, -0.2) is 0 Å². The molecule has 0 bridgehead atoms. The fourth-order valence-electron chi connectivity index (χ4n) is 2.55. The SMILES string of the molecule is CC(N[C@@H](C)Cc1cccc(C(F)(F)F)c1)c1ccccc1. The lowest BCUT2D eigenvalue weighted by Crippen LogP contribution is -2.30. The van der Waals surface area contributed by atoms with E-state index in [4.69, 9.17) is 0 Å². The third-order valence-corrected chi connectivity index (χ3v) is 3.63. The van der Waals surface area contributed by atoms with Gasteiger partial charge in [-0.2, -0.15) is 13.2 Å². The highest BCUT2D eigenvalue weighted by Crippen LogP contribution is 2.29. The van der Waals surface area contributed by atoms with Crippen molar-refractivity contribution in [2.24, 2.45) is 0 Å². The summed E-state index contributed by atoms with van der Waals surface area (Å²) in [5.41, 5.74) is 1.27. The molecule has 0 heterocycles. The van der Waals surface area contributed by atoms with E-state index in [1.807, 2.05) is 37.3 Å². The van der Waals surface area contributed by atoms with Crippen molar-refractivity contribution in [3.05, 3.63) is 71.3 Å². The molecule has 2 aromatic carbocycles. The van der Waals surface area contributed by atoms with Crippen LogP contribution in [0.4, 0.5) is 13.2 Å². The van der Waals surface area contributed by atoms with Gasteiger partial charge in [0.05, 0.1) is 5.56 Å². The average molecular weight is 307 g/mol. The molecule has 1 N–H and O–H groups in total. The molecular weight excluding hydrogens is 287 g/mol. The summed E-state index contributed by atoms with van der Waals surface area (Å²) in [5.74, 6) is 0. The highest BCUT2D eigenvalue weighted by atomic mass is 19.4. The van der Waals surface area contributed by atoms with Crippen LogP contribution >= 0.6 is 0 Å². The number of hydrogen-bond donors (Lipinski definition) is 1. The summed E-state index contributed by atoms with van der Waals surface area (Å²) in [6, 6.07) is 15.8. The van der Waals surface area contributed by atoms with Gasteiger partial charge in [-0.05, 0) is 37.5 Å². The summed E-state index contributed by atoms with van der Waals surface area (Å²) < 4.78 is 38.2. The van der Waals surface area contributed by atoms with Crippen molar-refractivity contribution in [2.45, 2.75) is 38.5 Å². The van der Waals surface area contributed by atoms with Crippen LogP contribution in [-0.2, 0) is 12.6 Å². The predicted octanol–water partition coefficient (Wildman–Crippen LogP) is 4.99. The maximum atomic E-state index is 12.7. The standard InChI is InChI=1S/C18H20F3N/c1-13(22-14(2)16-8-4-3-5-9-16)11-15-7-6-10-17(12-15)18(19,20)21/h3-10,12-14,22H,11H2,1-2H3/t13-,14?/m0/s1. The van der Waals surface area contributed by atoms with E-state index in [1.165, 1.54) is 17.7 Å². The van der Waals surface area contributed by atoms with Crippen LogP contribution in [0.2, 0.25) is 0 Å². The van der Waals surface area contributed by atoms with E-state index in [1.54, 1.807) is 6.07 Å². The van der Waals surface area contributed by atoms with Gasteiger partial charge in [0.2, 0.25) is 0 Å². The van der Waals surface area contributed by atoms with E-state index in [0.717, 1.165) is 6.07 Å². The minimum absolute atomic E-state index is 0.0821. The lowest BCUT2D eigenvalue weighted by atomic mass is 10.0. The molecule has 0 aliphatic carbocycles. The molecule has 0 saturated heterocycles. The number of benzene rings is 2. The molecule has 0 radical (unpaired) electrons. The van der Waals surface area contributed by atoms with Gasteiger partial charge in [-0.3, -0.25) is 0 Å². The molecule has 0 aliphatic heterocycles. The van der Waals surface area contributed by atoms with Crippen molar-refractivity contribution in [3.63, 3.8) is 0 Å². The van der Waals surface area contributed by atoms with Gasteiger partial charge >= 0.3 is 6.18 Å². The largest absolute Gasteiger partial charge is 0.416 e. The number of hydrogen-bond acceptors (Lipinski definition) is 1. The Morgan fingerprint density at radius 3 is 2.27 bits per heavy atom.